The Morgan fingerprint density at radius 2 is 0.970 bits per heavy atom. The van der Waals surface area contributed by atoms with E-state index >= 15 is 8.78 Å². The third-order valence-corrected chi connectivity index (χ3v) is 21.0. The largest absolute Gasteiger partial charge is 0.504 e. The molecule has 6 aromatic carbocycles. The number of ether oxygens (including phenoxy) is 1. The lowest BCUT2D eigenvalue weighted by molar-refractivity contribution is -0.145. The number of halogens is 17. The summed E-state index contributed by atoms with van der Waals surface area (Å²) in [6.45, 7) is 10.7. The summed E-state index contributed by atoms with van der Waals surface area (Å²) in [5.74, 6) is -12.5. The van der Waals surface area contributed by atoms with Gasteiger partial charge in [0.05, 0.1) is 22.6 Å². The quantitative estimate of drug-likeness (QED) is 0.0442. The van der Waals surface area contributed by atoms with Crippen molar-refractivity contribution in [2.75, 3.05) is 12.4 Å². The number of aromatic hydroxyl groups is 1. The summed E-state index contributed by atoms with van der Waals surface area (Å²) in [7, 11) is 0. The summed E-state index contributed by atoms with van der Waals surface area (Å²) < 4.78 is 240. The first-order valence-electron chi connectivity index (χ1n) is 33.7. The Morgan fingerprint density at radius 3 is 1.41 bits per heavy atom. The number of thioether (sulfide) groups is 1. The standard InChI is InChI=1S/C33H40F6O2S.C22H20F6O.C22H19F5S/c1-4-7-9-21(6-3)20-41-29(40)16-17-42-32-26(19-28(35)30(31(32)36)33(37,38)39)25-15-14-24(18-27(25)34)23-12-10-22(8-5-2)11-13-23;1-2-3-12-4-6-13(7-5-12)14-8-9-15(17(23)10-14)16-11-18(24)19(22(26,27)28)20(25)21(16)29;1-2-3-12-4-6-13(7-5-12)14-8-9-15-16-11-17(23)19(22(25,26)27)20(24)21(16)28-18(15)10-14/h12,14-15,18-19,21-22H,4-11,13,16-17,20H2,1-3H3;6,8-12,29H,2-5,7H2,1H3;6,8-12H,2-5,7H2,1H3. The first-order valence-corrected chi connectivity index (χ1v) is 35.5. The minimum Gasteiger partial charge on any atom is -0.504 e. The molecule has 7 aromatic rings. The predicted molar refractivity (Wildman–Crippen MR) is 360 cm³/mol. The van der Waals surface area contributed by atoms with Crippen LogP contribution in [0.25, 0.3) is 59.1 Å². The number of phenolic OH excluding ortho intramolecular Hbond substituents is 1. The van der Waals surface area contributed by atoms with Gasteiger partial charge in [0.15, 0.2) is 23.2 Å². The van der Waals surface area contributed by atoms with Crippen LogP contribution in [-0.4, -0.2) is 23.4 Å². The van der Waals surface area contributed by atoms with Crippen LogP contribution in [0, 0.1) is 70.2 Å². The van der Waals surface area contributed by atoms with Crippen molar-refractivity contribution in [1.29, 1.82) is 0 Å². The molecule has 3 nitrogen and oxygen atoms in total. The SMILES string of the molecule is CCCC1CC=C(c2ccc(-c3cc(F)c(C(F)(F)F)c(F)c3O)c(F)c2)CC1.CCCC1CC=C(c2ccc3c(c2)sc2c(F)c(C(F)(F)F)c(F)cc23)CC1.CCCCC(CC)COC(=O)CCSc1c(-c2ccc(C3=CCC(CCC)CC3)cc2F)cc(F)c(C(F)(F)F)c1F. The highest BCUT2D eigenvalue weighted by atomic mass is 32.2. The van der Waals surface area contributed by atoms with E-state index in [1.54, 1.807) is 12.1 Å². The highest BCUT2D eigenvalue weighted by molar-refractivity contribution is 7.99. The van der Waals surface area contributed by atoms with Crippen molar-refractivity contribution in [1.82, 2.24) is 0 Å². The van der Waals surface area contributed by atoms with Gasteiger partial charge in [0.2, 0.25) is 0 Å². The number of rotatable bonds is 21. The Bertz CT molecular complexity index is 4080. The molecule has 0 saturated carbocycles. The summed E-state index contributed by atoms with van der Waals surface area (Å²) >= 11 is 1.56. The van der Waals surface area contributed by atoms with Crippen LogP contribution < -0.4 is 0 Å². The number of hydrogen-bond acceptors (Lipinski definition) is 5. The zero-order chi connectivity index (χ0) is 72.3. The number of allylic oxidation sites excluding steroid dienone is 6. The predicted octanol–water partition coefficient (Wildman–Crippen LogP) is 26.8. The molecule has 0 fully saturated rings. The maximum absolute atomic E-state index is 15.4. The average Bonchev–Trinajstić information content (AvgIpc) is 1.75. The molecule has 1 N–H and O–H groups in total. The normalized spacial score (nSPS) is 17.1. The fourth-order valence-electron chi connectivity index (χ4n) is 13.3. The highest BCUT2D eigenvalue weighted by Gasteiger charge is 2.43. The number of unbranched alkanes of at least 4 members (excludes halogenated alkanes) is 1. The number of benzene rings is 6. The van der Waals surface area contributed by atoms with Crippen LogP contribution in [0.4, 0.5) is 74.6 Å². The third-order valence-electron chi connectivity index (χ3n) is 18.7. The molecule has 3 aliphatic carbocycles. The van der Waals surface area contributed by atoms with Gasteiger partial charge in [0.1, 0.15) is 45.8 Å². The highest BCUT2D eigenvalue weighted by Crippen LogP contribution is 2.48. The second kappa shape index (κ2) is 34.2. The number of fused-ring (bicyclic) bond motifs is 3. The fourth-order valence-corrected chi connectivity index (χ4v) is 15.5. The van der Waals surface area contributed by atoms with E-state index in [2.05, 4.69) is 39.8 Å². The van der Waals surface area contributed by atoms with Gasteiger partial charge in [-0.15, -0.1) is 23.1 Å². The van der Waals surface area contributed by atoms with Gasteiger partial charge in [-0.2, -0.15) is 39.5 Å². The molecule has 99 heavy (non-hydrogen) atoms. The smallest absolute Gasteiger partial charge is 0.422 e. The van der Waals surface area contributed by atoms with E-state index in [-0.39, 0.29) is 51.5 Å². The van der Waals surface area contributed by atoms with Crippen LogP contribution >= 0.6 is 23.1 Å². The van der Waals surface area contributed by atoms with Crippen LogP contribution in [0.3, 0.4) is 0 Å². The summed E-state index contributed by atoms with van der Waals surface area (Å²) in [5.41, 5.74) is -2.24. The number of carbonyl (C=O) groups excluding carboxylic acids is 1. The van der Waals surface area contributed by atoms with Crippen LogP contribution in [0.15, 0.2) is 95.9 Å². The van der Waals surface area contributed by atoms with Crippen molar-refractivity contribution in [2.45, 2.75) is 186 Å². The first kappa shape index (κ1) is 77.9. The van der Waals surface area contributed by atoms with E-state index in [9.17, 15) is 75.8 Å². The molecule has 3 aliphatic rings. The monoisotopic (exact) mass is 1440 g/mol. The number of hydrogen-bond donors (Lipinski definition) is 1. The second-order valence-corrected chi connectivity index (χ2v) is 27.8. The molecule has 536 valence electrons. The van der Waals surface area contributed by atoms with Crippen LogP contribution in [0.2, 0.25) is 0 Å². The second-order valence-electron chi connectivity index (χ2n) is 25.7. The summed E-state index contributed by atoms with van der Waals surface area (Å²) in [5, 5.41) is 10.6. The molecule has 0 spiro atoms. The Hall–Kier alpha value is -6.81. The summed E-state index contributed by atoms with van der Waals surface area (Å²) in [6, 6.07) is 15.3. The molecule has 0 saturated heterocycles. The molecular formula is C77H79F17O3S2. The van der Waals surface area contributed by atoms with Crippen LogP contribution in [0.5, 0.6) is 5.75 Å². The molecule has 4 atom stereocenters. The van der Waals surface area contributed by atoms with Crippen molar-refractivity contribution in [3.8, 4) is 28.0 Å². The Labute approximate surface area is 574 Å². The zero-order valence-electron chi connectivity index (χ0n) is 55.5. The van der Waals surface area contributed by atoms with Gasteiger partial charge in [-0.3, -0.25) is 4.79 Å². The zero-order valence-corrected chi connectivity index (χ0v) is 57.2. The molecule has 1 heterocycles. The maximum atomic E-state index is 15.4. The van der Waals surface area contributed by atoms with Gasteiger partial charge in [-0.1, -0.05) is 147 Å². The van der Waals surface area contributed by atoms with Gasteiger partial charge in [0, 0.05) is 43.5 Å². The van der Waals surface area contributed by atoms with E-state index in [4.69, 9.17) is 4.74 Å². The van der Waals surface area contributed by atoms with Gasteiger partial charge < -0.3 is 9.84 Å². The topological polar surface area (TPSA) is 46.5 Å². The van der Waals surface area contributed by atoms with Crippen LogP contribution in [-0.2, 0) is 28.1 Å². The van der Waals surface area contributed by atoms with E-state index < -0.39 is 104 Å². The number of alkyl halides is 9. The van der Waals surface area contributed by atoms with E-state index in [1.165, 1.54) is 48.7 Å². The molecule has 0 bridgehead atoms. The molecular weight excluding hydrogens is 1360 g/mol. The molecule has 0 amide bonds. The first-order chi connectivity index (χ1) is 46.9. The third kappa shape index (κ3) is 19.2. The van der Waals surface area contributed by atoms with Crippen molar-refractivity contribution in [3.63, 3.8) is 0 Å². The van der Waals surface area contributed by atoms with Crippen molar-refractivity contribution in [3.05, 3.63) is 171 Å². The van der Waals surface area contributed by atoms with Crippen molar-refractivity contribution < 1.29 is 89.3 Å². The lowest BCUT2D eigenvalue weighted by atomic mass is 9.84. The van der Waals surface area contributed by atoms with E-state index in [0.29, 0.717) is 62.9 Å². The average molecular weight is 1440 g/mol. The van der Waals surface area contributed by atoms with Crippen LogP contribution in [0.1, 0.15) is 196 Å². The van der Waals surface area contributed by atoms with Crippen molar-refractivity contribution >= 4 is 66.0 Å². The lowest BCUT2D eigenvalue weighted by Gasteiger charge is -2.22. The van der Waals surface area contributed by atoms with Gasteiger partial charge >= 0.3 is 24.5 Å². The summed E-state index contributed by atoms with van der Waals surface area (Å²) in [4.78, 5) is 11.8. The Balaban J connectivity index is 0.000000194. The molecule has 0 aliphatic heterocycles. The number of carbonyl (C=O) groups is 1. The number of esters is 1. The fraction of sp³-hybridized carbons (Fsp3) is 0.442. The number of thiophene rings is 1. The molecule has 10 rings (SSSR count). The molecule has 4 unspecified atom stereocenters. The van der Waals surface area contributed by atoms with Gasteiger partial charge in [-0.25, -0.2) is 35.1 Å². The van der Waals surface area contributed by atoms with Gasteiger partial charge in [-0.05, 0) is 158 Å². The Morgan fingerprint density at radius 1 is 0.525 bits per heavy atom. The summed E-state index contributed by atoms with van der Waals surface area (Å²) in [6.07, 6.45) is 9.54. The molecule has 1 aromatic heterocycles. The Kier molecular flexibility index (Phi) is 26.9. The number of phenols is 1. The van der Waals surface area contributed by atoms with E-state index in [1.807, 2.05) is 25.1 Å². The lowest BCUT2D eigenvalue weighted by Crippen LogP contribution is -2.15. The van der Waals surface area contributed by atoms with Crippen molar-refractivity contribution in [2.24, 2.45) is 23.7 Å². The maximum Gasteiger partial charge on any atom is 0.422 e. The minimum atomic E-state index is -5.32. The minimum absolute atomic E-state index is 0.122. The van der Waals surface area contributed by atoms with Gasteiger partial charge in [0.25, 0.3) is 0 Å². The molecule has 22 heteroatoms. The van der Waals surface area contributed by atoms with E-state index in [0.717, 1.165) is 143 Å². The molecule has 0 radical (unpaired) electrons.